The SMILES string of the molecule is C.CC(C)=Cc1ccccn1.CC(C)Cc1ccccc1.CC(C)Cc1ccccc1. The molecule has 1 heteroatoms. The molecular formula is C30H43N. The van der Waals surface area contributed by atoms with Gasteiger partial charge in [0.15, 0.2) is 0 Å². The molecule has 1 nitrogen and oxygen atoms in total. The van der Waals surface area contributed by atoms with Crippen LogP contribution in [0.25, 0.3) is 6.08 Å². The van der Waals surface area contributed by atoms with Crippen LogP contribution in [0.15, 0.2) is 90.6 Å². The van der Waals surface area contributed by atoms with E-state index in [1.807, 2.05) is 18.2 Å². The molecule has 1 heterocycles. The first-order valence-electron chi connectivity index (χ1n) is 11.0. The van der Waals surface area contributed by atoms with Crippen molar-refractivity contribution in [3.8, 4) is 0 Å². The van der Waals surface area contributed by atoms with E-state index in [1.54, 1.807) is 6.20 Å². The lowest BCUT2D eigenvalue weighted by molar-refractivity contribution is 0.647. The highest BCUT2D eigenvalue weighted by molar-refractivity contribution is 5.46. The Morgan fingerprint density at radius 1 is 0.677 bits per heavy atom. The molecule has 1 aromatic heterocycles. The number of hydrogen-bond acceptors (Lipinski definition) is 1. The Morgan fingerprint density at radius 2 is 1.10 bits per heavy atom. The van der Waals surface area contributed by atoms with Crippen LogP contribution in [0.4, 0.5) is 0 Å². The molecule has 0 saturated heterocycles. The van der Waals surface area contributed by atoms with Crippen LogP contribution in [0.3, 0.4) is 0 Å². The standard InChI is InChI=1S/2C10H14.C9H11N.CH4/c2*1-9(2)8-10-6-4-3-5-7-10;1-8(2)7-9-5-3-4-6-10-9;/h2*3-7,9H,8H2,1-2H3;3-7H,1-2H3;1H4. The van der Waals surface area contributed by atoms with E-state index < -0.39 is 0 Å². The largest absolute Gasteiger partial charge is 0.257 e. The van der Waals surface area contributed by atoms with Crippen molar-refractivity contribution in [3.63, 3.8) is 0 Å². The third-order valence-corrected chi connectivity index (χ3v) is 4.10. The minimum absolute atomic E-state index is 0. The fourth-order valence-electron chi connectivity index (χ4n) is 2.93. The summed E-state index contributed by atoms with van der Waals surface area (Å²) in [5.41, 5.74) is 5.19. The van der Waals surface area contributed by atoms with Crippen LogP contribution in [-0.2, 0) is 12.8 Å². The molecule has 168 valence electrons. The van der Waals surface area contributed by atoms with Crippen LogP contribution in [0.2, 0.25) is 0 Å². The molecule has 0 aliphatic rings. The first-order chi connectivity index (χ1) is 14.4. The molecule has 3 rings (SSSR count). The van der Waals surface area contributed by atoms with E-state index >= 15 is 0 Å². The fourth-order valence-corrected chi connectivity index (χ4v) is 2.93. The molecule has 3 aromatic rings. The second-order valence-electron chi connectivity index (χ2n) is 8.64. The Morgan fingerprint density at radius 3 is 1.42 bits per heavy atom. The van der Waals surface area contributed by atoms with Gasteiger partial charge in [-0.1, -0.05) is 107 Å². The van der Waals surface area contributed by atoms with Gasteiger partial charge in [-0.05, 0) is 67.9 Å². The monoisotopic (exact) mass is 417 g/mol. The van der Waals surface area contributed by atoms with Crippen molar-refractivity contribution in [3.05, 3.63) is 107 Å². The van der Waals surface area contributed by atoms with E-state index in [-0.39, 0.29) is 7.43 Å². The molecule has 31 heavy (non-hydrogen) atoms. The Hall–Kier alpha value is -2.67. The van der Waals surface area contributed by atoms with Gasteiger partial charge in [-0.15, -0.1) is 0 Å². The first-order valence-corrected chi connectivity index (χ1v) is 11.0. The summed E-state index contributed by atoms with van der Waals surface area (Å²) in [6.45, 7) is 13.1. The van der Waals surface area contributed by atoms with Gasteiger partial charge in [-0.3, -0.25) is 4.98 Å². The molecule has 0 aliphatic carbocycles. The van der Waals surface area contributed by atoms with Crippen LogP contribution in [0.5, 0.6) is 0 Å². The van der Waals surface area contributed by atoms with Gasteiger partial charge in [0.1, 0.15) is 0 Å². The summed E-state index contributed by atoms with van der Waals surface area (Å²) in [5.74, 6) is 1.53. The average molecular weight is 418 g/mol. The van der Waals surface area contributed by atoms with Crippen molar-refractivity contribution < 1.29 is 0 Å². The minimum Gasteiger partial charge on any atom is -0.257 e. The van der Waals surface area contributed by atoms with E-state index in [0.29, 0.717) is 0 Å². The van der Waals surface area contributed by atoms with Gasteiger partial charge in [0, 0.05) is 6.20 Å². The molecule has 0 spiro atoms. The molecule has 0 atom stereocenters. The van der Waals surface area contributed by atoms with E-state index in [4.69, 9.17) is 0 Å². The summed E-state index contributed by atoms with van der Waals surface area (Å²) < 4.78 is 0. The molecule has 0 N–H and O–H groups in total. The van der Waals surface area contributed by atoms with Crippen molar-refractivity contribution in [2.75, 3.05) is 0 Å². The minimum atomic E-state index is 0. The highest BCUT2D eigenvalue weighted by Gasteiger charge is 1.95. The predicted octanol–water partition coefficient (Wildman–Crippen LogP) is 8.91. The van der Waals surface area contributed by atoms with Crippen LogP contribution >= 0.6 is 0 Å². The molecule has 0 amide bonds. The quantitative estimate of drug-likeness (QED) is 0.404. The van der Waals surface area contributed by atoms with Gasteiger partial charge < -0.3 is 0 Å². The molecule has 0 unspecified atom stereocenters. The maximum Gasteiger partial charge on any atom is 0.0628 e. The predicted molar refractivity (Wildman–Crippen MR) is 140 cm³/mol. The van der Waals surface area contributed by atoms with Gasteiger partial charge in [0.05, 0.1) is 5.69 Å². The molecule has 2 aromatic carbocycles. The van der Waals surface area contributed by atoms with Gasteiger partial charge in [0.2, 0.25) is 0 Å². The number of pyridine rings is 1. The van der Waals surface area contributed by atoms with Crippen molar-refractivity contribution in [1.82, 2.24) is 4.98 Å². The van der Waals surface area contributed by atoms with Crippen LogP contribution in [0, 0.1) is 11.8 Å². The summed E-state index contributed by atoms with van der Waals surface area (Å²) in [6, 6.07) is 27.1. The maximum atomic E-state index is 4.14. The van der Waals surface area contributed by atoms with Crippen molar-refractivity contribution in [2.45, 2.75) is 61.8 Å². The summed E-state index contributed by atoms with van der Waals surface area (Å²) in [6.07, 6.45) is 6.25. The first kappa shape index (κ1) is 28.3. The number of nitrogens with zero attached hydrogens (tertiary/aromatic N) is 1. The number of rotatable bonds is 5. The van der Waals surface area contributed by atoms with Gasteiger partial charge >= 0.3 is 0 Å². The molecule has 0 radical (unpaired) electrons. The number of benzene rings is 2. The van der Waals surface area contributed by atoms with Gasteiger partial charge in [0.25, 0.3) is 0 Å². The fraction of sp³-hybridized carbons (Fsp3) is 0.367. The molecule has 0 bridgehead atoms. The zero-order valence-corrected chi connectivity index (χ0v) is 19.7. The van der Waals surface area contributed by atoms with E-state index in [0.717, 1.165) is 17.5 Å². The summed E-state index contributed by atoms with van der Waals surface area (Å²) >= 11 is 0. The van der Waals surface area contributed by atoms with E-state index in [2.05, 4.69) is 113 Å². The Kier molecular flexibility index (Phi) is 15.6. The van der Waals surface area contributed by atoms with Gasteiger partial charge in [-0.25, -0.2) is 0 Å². The number of aromatic nitrogens is 1. The lowest BCUT2D eigenvalue weighted by atomic mass is 10.0. The zero-order valence-electron chi connectivity index (χ0n) is 19.7. The van der Waals surface area contributed by atoms with Crippen LogP contribution in [-0.4, -0.2) is 4.98 Å². The summed E-state index contributed by atoms with van der Waals surface area (Å²) in [5, 5.41) is 0. The zero-order chi connectivity index (χ0) is 22.2. The topological polar surface area (TPSA) is 12.9 Å². The maximum absolute atomic E-state index is 4.14. The lowest BCUT2D eigenvalue weighted by Crippen LogP contribution is -1.92. The third kappa shape index (κ3) is 15.8. The summed E-state index contributed by atoms with van der Waals surface area (Å²) in [4.78, 5) is 4.14. The average Bonchev–Trinajstić information content (AvgIpc) is 2.70. The second kappa shape index (κ2) is 17.1. The Bertz CT molecular complexity index is 753. The highest BCUT2D eigenvalue weighted by atomic mass is 14.6. The molecule has 0 aliphatic heterocycles. The lowest BCUT2D eigenvalue weighted by Gasteiger charge is -2.02. The molecular weight excluding hydrogens is 374 g/mol. The van der Waals surface area contributed by atoms with Crippen molar-refractivity contribution in [2.24, 2.45) is 11.8 Å². The Labute approximate surface area is 192 Å². The molecule has 0 fully saturated rings. The van der Waals surface area contributed by atoms with Crippen molar-refractivity contribution in [1.29, 1.82) is 0 Å². The Balaban J connectivity index is 0.000000429. The van der Waals surface area contributed by atoms with E-state index in [1.165, 1.54) is 29.5 Å². The van der Waals surface area contributed by atoms with Crippen LogP contribution in [0.1, 0.15) is 65.8 Å². The van der Waals surface area contributed by atoms with Gasteiger partial charge in [-0.2, -0.15) is 0 Å². The third-order valence-electron chi connectivity index (χ3n) is 4.10. The number of hydrogen-bond donors (Lipinski definition) is 0. The van der Waals surface area contributed by atoms with E-state index in [9.17, 15) is 0 Å². The number of allylic oxidation sites excluding steroid dienone is 1. The highest BCUT2D eigenvalue weighted by Crippen LogP contribution is 2.07. The van der Waals surface area contributed by atoms with Crippen LogP contribution < -0.4 is 0 Å². The molecule has 0 saturated carbocycles. The second-order valence-corrected chi connectivity index (χ2v) is 8.64. The summed E-state index contributed by atoms with van der Waals surface area (Å²) in [7, 11) is 0. The smallest absolute Gasteiger partial charge is 0.0628 e. The van der Waals surface area contributed by atoms with Crippen molar-refractivity contribution >= 4 is 6.08 Å². The normalized spacial score (nSPS) is 9.55.